The maximum atomic E-state index is 11.6. The van der Waals surface area contributed by atoms with Crippen molar-refractivity contribution >= 4 is 28.8 Å². The van der Waals surface area contributed by atoms with Crippen molar-refractivity contribution in [2.24, 2.45) is 5.92 Å². The van der Waals surface area contributed by atoms with Gasteiger partial charge in [-0.05, 0) is 50.2 Å². The van der Waals surface area contributed by atoms with Crippen molar-refractivity contribution in [2.45, 2.75) is 79.9 Å². The van der Waals surface area contributed by atoms with Gasteiger partial charge in [0.2, 0.25) is 0 Å². The second kappa shape index (κ2) is 10.3. The lowest BCUT2D eigenvalue weighted by Crippen LogP contribution is -2.56. The second-order valence-electron chi connectivity index (χ2n) is 9.51. The standard InChI is InChI=1S/C24H34N2O6S/c1-13(9-15-11-26(24(31)32)18-8-3-2-7-17(15)18)25-16-6-4-5-14(10-16)23-22(30)21(29)20(28)19(12-27)33-23/h2-3,7-8,11,13-14,16,19-23,25,27-30H,4-6,9-10,12H2,1H3,(H,31,32)/t13-,14?,16?,19-,20+,21+,22-,23+/m1/s1. The molecule has 6 N–H and O–H groups in total. The molecular weight excluding hydrogens is 444 g/mol. The lowest BCUT2D eigenvalue weighted by molar-refractivity contribution is -0.0763. The Balaban J connectivity index is 1.41. The molecule has 0 amide bonds. The lowest BCUT2D eigenvalue weighted by atomic mass is 9.80. The van der Waals surface area contributed by atoms with Gasteiger partial charge in [-0.2, -0.15) is 0 Å². The zero-order chi connectivity index (χ0) is 23.7. The Labute approximate surface area is 197 Å². The summed E-state index contributed by atoms with van der Waals surface area (Å²) >= 11 is 1.39. The molecule has 1 aliphatic heterocycles. The number of rotatable bonds is 6. The molecule has 1 aromatic carbocycles. The smallest absolute Gasteiger partial charge is 0.416 e. The highest BCUT2D eigenvalue weighted by atomic mass is 32.2. The van der Waals surface area contributed by atoms with E-state index in [0.29, 0.717) is 11.9 Å². The molecule has 1 aliphatic carbocycles. The van der Waals surface area contributed by atoms with Crippen LogP contribution in [0.5, 0.6) is 0 Å². The van der Waals surface area contributed by atoms with E-state index in [4.69, 9.17) is 0 Å². The van der Waals surface area contributed by atoms with Crippen LogP contribution in [-0.2, 0) is 6.42 Å². The number of aliphatic hydroxyl groups excluding tert-OH is 4. The summed E-state index contributed by atoms with van der Waals surface area (Å²) in [6, 6.07) is 7.89. The minimum atomic E-state index is -1.24. The van der Waals surface area contributed by atoms with Gasteiger partial charge >= 0.3 is 6.09 Å². The van der Waals surface area contributed by atoms with Crippen LogP contribution >= 0.6 is 11.8 Å². The van der Waals surface area contributed by atoms with Gasteiger partial charge in [0.15, 0.2) is 0 Å². The zero-order valence-corrected chi connectivity index (χ0v) is 19.6. The monoisotopic (exact) mass is 478 g/mol. The van der Waals surface area contributed by atoms with Crippen LogP contribution in [0, 0.1) is 5.92 Å². The molecule has 1 aromatic heterocycles. The average molecular weight is 479 g/mol. The molecule has 2 fully saturated rings. The highest BCUT2D eigenvalue weighted by molar-refractivity contribution is 8.00. The number of carboxylic acid groups (broad SMARTS) is 1. The fraction of sp³-hybridized carbons (Fsp3) is 0.625. The van der Waals surface area contributed by atoms with E-state index in [9.17, 15) is 30.3 Å². The molecule has 182 valence electrons. The number of benzene rings is 1. The Morgan fingerprint density at radius 3 is 2.67 bits per heavy atom. The summed E-state index contributed by atoms with van der Waals surface area (Å²) in [6.45, 7) is 1.87. The molecule has 2 heterocycles. The summed E-state index contributed by atoms with van der Waals surface area (Å²) in [6.07, 6.45) is 1.81. The first-order valence-electron chi connectivity index (χ1n) is 11.7. The van der Waals surface area contributed by atoms with Crippen molar-refractivity contribution in [2.75, 3.05) is 6.61 Å². The SMILES string of the molecule is C[C@H](Cc1cn(C(=O)O)c2ccccc12)NC1CCCC([C@@H]2S[C@H](CO)[C@H](O)[C@H](O)[C@H]2O)C1. The molecule has 8 nitrogen and oxygen atoms in total. The van der Waals surface area contributed by atoms with E-state index >= 15 is 0 Å². The Morgan fingerprint density at radius 1 is 1.18 bits per heavy atom. The third-order valence-electron chi connectivity index (χ3n) is 7.16. The number of nitrogens with one attached hydrogen (secondary N) is 1. The van der Waals surface area contributed by atoms with Crippen molar-refractivity contribution in [3.8, 4) is 0 Å². The van der Waals surface area contributed by atoms with Crippen LogP contribution in [-0.4, -0.2) is 83.7 Å². The second-order valence-corrected chi connectivity index (χ2v) is 10.9. The first-order valence-corrected chi connectivity index (χ1v) is 12.6. The molecule has 0 bridgehead atoms. The first kappa shape index (κ1) is 24.5. The Bertz CT molecular complexity index is 966. The number of thioether (sulfide) groups is 1. The van der Waals surface area contributed by atoms with Gasteiger partial charge in [-0.15, -0.1) is 11.8 Å². The Morgan fingerprint density at radius 2 is 1.94 bits per heavy atom. The van der Waals surface area contributed by atoms with Crippen LogP contribution in [0.1, 0.15) is 38.2 Å². The lowest BCUT2D eigenvalue weighted by Gasteiger charge is -2.45. The number of hydrogen-bond donors (Lipinski definition) is 6. The number of nitrogens with zero attached hydrogens (tertiary/aromatic N) is 1. The molecule has 2 aliphatic rings. The van der Waals surface area contributed by atoms with E-state index in [1.54, 1.807) is 6.20 Å². The van der Waals surface area contributed by atoms with Gasteiger partial charge < -0.3 is 30.8 Å². The summed E-state index contributed by atoms with van der Waals surface area (Å²) in [4.78, 5) is 11.6. The van der Waals surface area contributed by atoms with Crippen LogP contribution in [0.3, 0.4) is 0 Å². The van der Waals surface area contributed by atoms with E-state index in [-0.39, 0.29) is 29.9 Å². The van der Waals surface area contributed by atoms with E-state index in [1.807, 2.05) is 24.3 Å². The number of para-hydroxylation sites is 1. The summed E-state index contributed by atoms with van der Waals surface area (Å²) in [7, 11) is 0. The molecule has 1 saturated carbocycles. The molecule has 1 saturated heterocycles. The van der Waals surface area contributed by atoms with E-state index in [0.717, 1.165) is 36.6 Å². The van der Waals surface area contributed by atoms with Crippen LogP contribution in [0.25, 0.3) is 10.9 Å². The normalized spacial score (nSPS) is 33.8. The third-order valence-corrected chi connectivity index (χ3v) is 8.91. The highest BCUT2D eigenvalue weighted by Gasteiger charge is 2.46. The Kier molecular flexibility index (Phi) is 7.67. The maximum Gasteiger partial charge on any atom is 0.416 e. The number of hydrogen-bond acceptors (Lipinski definition) is 7. The molecular formula is C24H34N2O6S. The maximum absolute atomic E-state index is 11.6. The van der Waals surface area contributed by atoms with Gasteiger partial charge in [0.25, 0.3) is 0 Å². The number of carbonyl (C=O) groups is 1. The molecule has 0 radical (unpaired) electrons. The van der Waals surface area contributed by atoms with Crippen LogP contribution in [0.15, 0.2) is 30.5 Å². The van der Waals surface area contributed by atoms with E-state index < -0.39 is 29.7 Å². The molecule has 2 aromatic rings. The van der Waals surface area contributed by atoms with E-state index in [1.165, 1.54) is 16.3 Å². The molecule has 0 spiro atoms. The minimum absolute atomic E-state index is 0.128. The topological polar surface area (TPSA) is 135 Å². The largest absolute Gasteiger partial charge is 0.464 e. The Hall–Kier alpha value is -1.62. The molecule has 4 rings (SSSR count). The van der Waals surface area contributed by atoms with Gasteiger partial charge in [0, 0.05) is 28.9 Å². The predicted octanol–water partition coefficient (Wildman–Crippen LogP) is 1.81. The summed E-state index contributed by atoms with van der Waals surface area (Å²) < 4.78 is 1.27. The fourth-order valence-corrected chi connectivity index (χ4v) is 7.16. The molecule has 9 heteroatoms. The van der Waals surface area contributed by atoms with Crippen molar-refractivity contribution < 1.29 is 30.3 Å². The number of aromatic nitrogens is 1. The minimum Gasteiger partial charge on any atom is -0.464 e. The third kappa shape index (κ3) is 5.08. The number of aliphatic hydroxyl groups is 4. The summed E-state index contributed by atoms with van der Waals surface area (Å²) in [5.74, 6) is 0.175. The first-order chi connectivity index (χ1) is 15.8. The molecule has 8 atom stereocenters. The highest BCUT2D eigenvalue weighted by Crippen LogP contribution is 2.42. The van der Waals surface area contributed by atoms with Gasteiger partial charge in [-0.25, -0.2) is 4.79 Å². The number of fused-ring (bicyclic) bond motifs is 1. The van der Waals surface area contributed by atoms with Crippen molar-refractivity contribution in [3.63, 3.8) is 0 Å². The van der Waals surface area contributed by atoms with Gasteiger partial charge in [-0.3, -0.25) is 4.57 Å². The van der Waals surface area contributed by atoms with Gasteiger partial charge in [-0.1, -0.05) is 24.6 Å². The van der Waals surface area contributed by atoms with Gasteiger partial charge in [0.1, 0.15) is 6.10 Å². The van der Waals surface area contributed by atoms with E-state index in [2.05, 4.69) is 12.2 Å². The molecule has 2 unspecified atom stereocenters. The fourth-order valence-electron chi connectivity index (χ4n) is 5.56. The van der Waals surface area contributed by atoms with Crippen molar-refractivity contribution in [3.05, 3.63) is 36.0 Å². The summed E-state index contributed by atoms with van der Waals surface area (Å²) in [5.41, 5.74) is 1.67. The summed E-state index contributed by atoms with van der Waals surface area (Å²) in [5, 5.41) is 54.0. The van der Waals surface area contributed by atoms with Crippen molar-refractivity contribution in [1.29, 1.82) is 0 Å². The van der Waals surface area contributed by atoms with Crippen LogP contribution < -0.4 is 5.32 Å². The van der Waals surface area contributed by atoms with Crippen LogP contribution in [0.4, 0.5) is 4.79 Å². The average Bonchev–Trinajstić information content (AvgIpc) is 3.16. The van der Waals surface area contributed by atoms with Crippen LogP contribution in [0.2, 0.25) is 0 Å². The quantitative estimate of drug-likeness (QED) is 0.370. The van der Waals surface area contributed by atoms with Gasteiger partial charge in [0.05, 0.1) is 29.6 Å². The zero-order valence-electron chi connectivity index (χ0n) is 18.7. The molecule has 33 heavy (non-hydrogen) atoms. The predicted molar refractivity (Wildman–Crippen MR) is 128 cm³/mol. The van der Waals surface area contributed by atoms with Crippen molar-refractivity contribution in [1.82, 2.24) is 9.88 Å².